The van der Waals surface area contributed by atoms with E-state index < -0.39 is 0 Å². The summed E-state index contributed by atoms with van der Waals surface area (Å²) in [6, 6.07) is 0. The molecular weight excluding hydrogens is 184 g/mol. The first-order valence-electron chi connectivity index (χ1n) is 5.27. The maximum Gasteiger partial charge on any atom is 0.0261 e. The molecule has 3 heteroatoms. The molecule has 1 rings (SSSR count). The zero-order valence-corrected chi connectivity index (χ0v) is 9.56. The van der Waals surface area contributed by atoms with E-state index in [1.54, 1.807) is 0 Å². The Kier molecular flexibility index (Phi) is 5.07. The van der Waals surface area contributed by atoms with Crippen molar-refractivity contribution in [2.45, 2.75) is 13.8 Å². The summed E-state index contributed by atoms with van der Waals surface area (Å²) in [6.07, 6.45) is 0. The van der Waals surface area contributed by atoms with Gasteiger partial charge in [-0.25, -0.2) is 0 Å². The topological polar surface area (TPSA) is 6.48 Å². The van der Waals surface area contributed by atoms with Crippen molar-refractivity contribution in [2.24, 2.45) is 5.92 Å². The van der Waals surface area contributed by atoms with E-state index in [0.717, 1.165) is 5.88 Å². The van der Waals surface area contributed by atoms with Gasteiger partial charge in [0.25, 0.3) is 0 Å². The number of piperazine rings is 1. The molecule has 0 amide bonds. The van der Waals surface area contributed by atoms with Crippen molar-refractivity contribution in [1.29, 1.82) is 0 Å². The van der Waals surface area contributed by atoms with E-state index in [0.29, 0.717) is 5.92 Å². The van der Waals surface area contributed by atoms with Crippen molar-refractivity contribution in [2.75, 3.05) is 45.1 Å². The van der Waals surface area contributed by atoms with E-state index in [1.807, 2.05) is 0 Å². The summed E-state index contributed by atoms with van der Waals surface area (Å²) in [5.41, 5.74) is 0. The molecule has 0 aromatic carbocycles. The lowest BCUT2D eigenvalue weighted by atomic mass is 10.2. The molecule has 0 saturated carbocycles. The SMILES string of the molecule is CCN1CCN(CC(C)CCl)CC1. The number of hydrogen-bond donors (Lipinski definition) is 0. The second-order valence-electron chi connectivity index (χ2n) is 3.99. The van der Waals surface area contributed by atoms with E-state index in [9.17, 15) is 0 Å². The Labute approximate surface area is 86.8 Å². The highest BCUT2D eigenvalue weighted by molar-refractivity contribution is 6.18. The molecule has 0 radical (unpaired) electrons. The van der Waals surface area contributed by atoms with E-state index in [-0.39, 0.29) is 0 Å². The van der Waals surface area contributed by atoms with Gasteiger partial charge >= 0.3 is 0 Å². The number of nitrogens with zero attached hydrogens (tertiary/aromatic N) is 2. The summed E-state index contributed by atoms with van der Waals surface area (Å²) in [4.78, 5) is 5.03. The van der Waals surface area contributed by atoms with Crippen LogP contribution in [0.2, 0.25) is 0 Å². The highest BCUT2D eigenvalue weighted by atomic mass is 35.5. The van der Waals surface area contributed by atoms with Crippen LogP contribution in [0.5, 0.6) is 0 Å². The molecule has 13 heavy (non-hydrogen) atoms. The molecule has 0 N–H and O–H groups in total. The summed E-state index contributed by atoms with van der Waals surface area (Å²) in [5, 5.41) is 0. The maximum atomic E-state index is 5.79. The molecule has 1 unspecified atom stereocenters. The number of halogens is 1. The lowest BCUT2D eigenvalue weighted by Crippen LogP contribution is -2.47. The molecule has 1 aliphatic heterocycles. The highest BCUT2D eigenvalue weighted by Gasteiger charge is 2.16. The molecule has 1 saturated heterocycles. The summed E-state index contributed by atoms with van der Waals surface area (Å²) >= 11 is 5.79. The van der Waals surface area contributed by atoms with Crippen LogP contribution in [-0.2, 0) is 0 Å². The summed E-state index contributed by atoms with van der Waals surface area (Å²) < 4.78 is 0. The summed E-state index contributed by atoms with van der Waals surface area (Å²) in [5.74, 6) is 1.42. The van der Waals surface area contributed by atoms with Gasteiger partial charge in [0.15, 0.2) is 0 Å². The average molecular weight is 205 g/mol. The second kappa shape index (κ2) is 5.84. The van der Waals surface area contributed by atoms with Crippen molar-refractivity contribution < 1.29 is 0 Å². The second-order valence-corrected chi connectivity index (χ2v) is 4.30. The predicted molar refractivity (Wildman–Crippen MR) is 58.4 cm³/mol. The van der Waals surface area contributed by atoms with Crippen molar-refractivity contribution in [3.63, 3.8) is 0 Å². The Bertz CT molecular complexity index is 133. The van der Waals surface area contributed by atoms with Gasteiger partial charge in [-0.3, -0.25) is 0 Å². The fraction of sp³-hybridized carbons (Fsp3) is 1.00. The molecule has 1 heterocycles. The van der Waals surface area contributed by atoms with E-state index in [4.69, 9.17) is 11.6 Å². The van der Waals surface area contributed by atoms with E-state index >= 15 is 0 Å². The first kappa shape index (κ1) is 11.3. The van der Waals surface area contributed by atoms with Crippen molar-refractivity contribution in [3.8, 4) is 0 Å². The van der Waals surface area contributed by atoms with Gasteiger partial charge in [0.2, 0.25) is 0 Å². The fourth-order valence-electron chi connectivity index (χ4n) is 1.78. The third kappa shape index (κ3) is 3.84. The van der Waals surface area contributed by atoms with Crippen LogP contribution >= 0.6 is 11.6 Å². The molecule has 0 bridgehead atoms. The predicted octanol–water partition coefficient (Wildman–Crippen LogP) is 1.50. The minimum absolute atomic E-state index is 0.634. The molecule has 0 spiro atoms. The lowest BCUT2D eigenvalue weighted by Gasteiger charge is -2.35. The highest BCUT2D eigenvalue weighted by Crippen LogP contribution is 2.06. The summed E-state index contributed by atoms with van der Waals surface area (Å²) in [7, 11) is 0. The molecule has 1 fully saturated rings. The van der Waals surface area contributed by atoms with Gasteiger partial charge in [-0.1, -0.05) is 13.8 Å². The van der Waals surface area contributed by atoms with Gasteiger partial charge in [-0.05, 0) is 12.5 Å². The minimum atomic E-state index is 0.634. The molecule has 1 atom stereocenters. The van der Waals surface area contributed by atoms with Crippen molar-refractivity contribution in [3.05, 3.63) is 0 Å². The number of hydrogen-bond acceptors (Lipinski definition) is 2. The van der Waals surface area contributed by atoms with Gasteiger partial charge in [-0.2, -0.15) is 0 Å². The maximum absolute atomic E-state index is 5.79. The number of alkyl halides is 1. The summed E-state index contributed by atoms with van der Waals surface area (Å²) in [6.45, 7) is 11.7. The minimum Gasteiger partial charge on any atom is -0.301 e. The van der Waals surface area contributed by atoms with Crippen LogP contribution < -0.4 is 0 Å². The van der Waals surface area contributed by atoms with Crippen LogP contribution in [0.4, 0.5) is 0 Å². The third-order valence-corrected chi connectivity index (χ3v) is 3.27. The largest absolute Gasteiger partial charge is 0.301 e. The molecule has 0 aromatic rings. The van der Waals surface area contributed by atoms with Crippen molar-refractivity contribution in [1.82, 2.24) is 9.80 Å². The van der Waals surface area contributed by atoms with Crippen LogP contribution in [0.3, 0.4) is 0 Å². The van der Waals surface area contributed by atoms with Crippen molar-refractivity contribution >= 4 is 11.6 Å². The smallest absolute Gasteiger partial charge is 0.0261 e. The molecule has 0 aromatic heterocycles. The molecule has 78 valence electrons. The Hall–Kier alpha value is 0.210. The Morgan fingerprint density at radius 3 is 2.15 bits per heavy atom. The molecule has 0 aliphatic carbocycles. The zero-order chi connectivity index (χ0) is 9.68. The van der Waals surface area contributed by atoms with Crippen LogP contribution in [-0.4, -0.2) is 54.9 Å². The van der Waals surface area contributed by atoms with Gasteiger partial charge < -0.3 is 9.80 Å². The number of likely N-dealkylation sites (N-methyl/N-ethyl adjacent to an activating group) is 1. The average Bonchev–Trinajstić information content (AvgIpc) is 2.19. The zero-order valence-electron chi connectivity index (χ0n) is 8.80. The van der Waals surface area contributed by atoms with Crippen LogP contribution in [0.1, 0.15) is 13.8 Å². The van der Waals surface area contributed by atoms with Gasteiger partial charge in [0.1, 0.15) is 0 Å². The molecule has 1 aliphatic rings. The molecular formula is C10H21ClN2. The quantitative estimate of drug-likeness (QED) is 0.641. The van der Waals surface area contributed by atoms with E-state index in [2.05, 4.69) is 23.6 Å². The van der Waals surface area contributed by atoms with Gasteiger partial charge in [0, 0.05) is 38.6 Å². The number of rotatable bonds is 4. The monoisotopic (exact) mass is 204 g/mol. The fourth-order valence-corrected chi connectivity index (χ4v) is 1.88. The third-order valence-electron chi connectivity index (χ3n) is 2.75. The van der Waals surface area contributed by atoms with Gasteiger partial charge in [-0.15, -0.1) is 11.6 Å². The Morgan fingerprint density at radius 1 is 1.15 bits per heavy atom. The molecule has 2 nitrogen and oxygen atoms in total. The first-order valence-corrected chi connectivity index (χ1v) is 5.80. The van der Waals surface area contributed by atoms with Gasteiger partial charge in [0.05, 0.1) is 0 Å². The lowest BCUT2D eigenvalue weighted by molar-refractivity contribution is 0.127. The van der Waals surface area contributed by atoms with Crippen LogP contribution in [0, 0.1) is 5.92 Å². The Morgan fingerprint density at radius 2 is 1.69 bits per heavy atom. The van der Waals surface area contributed by atoms with E-state index in [1.165, 1.54) is 39.3 Å². The van der Waals surface area contributed by atoms with Crippen LogP contribution in [0.15, 0.2) is 0 Å². The Balaban J connectivity index is 2.17. The normalized spacial score (nSPS) is 23.3. The van der Waals surface area contributed by atoms with Crippen LogP contribution in [0.25, 0.3) is 0 Å². The first-order chi connectivity index (χ1) is 6.26. The standard InChI is InChI=1S/C10H21ClN2/c1-3-12-4-6-13(7-5-12)9-10(2)8-11/h10H,3-9H2,1-2H3.